The zero-order valence-electron chi connectivity index (χ0n) is 25.4. The van der Waals surface area contributed by atoms with Crippen LogP contribution in [0.5, 0.6) is 0 Å². The molecule has 3 aromatic carbocycles. The Morgan fingerprint density at radius 3 is 2.07 bits per heavy atom. The summed E-state index contributed by atoms with van der Waals surface area (Å²) in [6.07, 6.45) is 7.83. The molecule has 0 spiro atoms. The fraction of sp³-hybridized carbons (Fsp3) is 0.378. The first-order chi connectivity index (χ1) is 21.5. The Hall–Kier alpha value is -4.23. The molecule has 0 aromatic heterocycles. The number of benzene rings is 3. The molecule has 2 N–H and O–H groups in total. The van der Waals surface area contributed by atoms with E-state index in [1.807, 2.05) is 103 Å². The quantitative estimate of drug-likeness (QED) is 0.246. The molecule has 1 aliphatic rings. The second kappa shape index (κ2) is 17.8. The van der Waals surface area contributed by atoms with Gasteiger partial charge in [-0.3, -0.25) is 14.4 Å². The molecule has 44 heavy (non-hydrogen) atoms. The van der Waals surface area contributed by atoms with Gasteiger partial charge in [0.15, 0.2) is 0 Å². The van der Waals surface area contributed by atoms with Gasteiger partial charge in [0.25, 0.3) is 0 Å². The Labute approximate surface area is 260 Å². The number of aliphatic hydroxyl groups is 1. The van der Waals surface area contributed by atoms with Crippen molar-refractivity contribution < 1.29 is 24.2 Å². The standard InChI is InChI=1S/C37H44N2O5/c40-23-22-39(27-31-18-10-5-11-19-31)35(41)26-32-20-12-1-2-13-21-33(24-29-14-6-3-7-15-29)37(43)44-28-34(38-36(32)42)25-30-16-8-4-9-17-30/h1,3-12,14-19,32-34,40H,2,13,20-28H2,(H,38,42). The van der Waals surface area contributed by atoms with Crippen LogP contribution in [0.3, 0.4) is 0 Å². The van der Waals surface area contributed by atoms with Crippen LogP contribution < -0.4 is 5.32 Å². The minimum atomic E-state index is -0.599. The molecule has 4 rings (SSSR count). The lowest BCUT2D eigenvalue weighted by atomic mass is 9.93. The SMILES string of the molecule is O=C1NC(Cc2ccccc2)COC(=O)C(Cc2ccccc2)CCCC=CCC1CC(=O)N(CCO)Cc1ccccc1. The van der Waals surface area contributed by atoms with Crippen molar-refractivity contribution in [2.45, 2.75) is 57.5 Å². The number of cyclic esters (lactones) is 1. The van der Waals surface area contributed by atoms with Crippen molar-refractivity contribution in [3.8, 4) is 0 Å². The van der Waals surface area contributed by atoms with Gasteiger partial charge >= 0.3 is 5.97 Å². The smallest absolute Gasteiger partial charge is 0.309 e. The minimum Gasteiger partial charge on any atom is -0.463 e. The van der Waals surface area contributed by atoms with Crippen molar-refractivity contribution in [3.63, 3.8) is 0 Å². The lowest BCUT2D eigenvalue weighted by Crippen LogP contribution is -2.45. The molecule has 0 saturated heterocycles. The molecule has 0 fully saturated rings. The molecule has 7 nitrogen and oxygen atoms in total. The van der Waals surface area contributed by atoms with E-state index in [9.17, 15) is 19.5 Å². The normalized spacial score (nSPS) is 19.8. The minimum absolute atomic E-state index is 0.0139. The van der Waals surface area contributed by atoms with Gasteiger partial charge in [-0.2, -0.15) is 0 Å². The van der Waals surface area contributed by atoms with Gasteiger partial charge in [0.2, 0.25) is 11.8 Å². The number of allylic oxidation sites excluding steroid dienone is 2. The zero-order valence-corrected chi connectivity index (χ0v) is 25.4. The summed E-state index contributed by atoms with van der Waals surface area (Å²) in [6.45, 7) is 0.437. The Bertz CT molecular complexity index is 1330. The molecule has 3 unspecified atom stereocenters. The van der Waals surface area contributed by atoms with Crippen LogP contribution in [0.2, 0.25) is 0 Å². The Kier molecular flexibility index (Phi) is 13.2. The van der Waals surface area contributed by atoms with Crippen LogP contribution >= 0.6 is 0 Å². The van der Waals surface area contributed by atoms with Crippen LogP contribution in [0.15, 0.2) is 103 Å². The Balaban J connectivity index is 1.51. The number of ether oxygens (including phenoxy) is 1. The molecule has 1 aliphatic heterocycles. The van der Waals surface area contributed by atoms with Gasteiger partial charge in [-0.1, -0.05) is 103 Å². The van der Waals surface area contributed by atoms with E-state index in [0.29, 0.717) is 32.2 Å². The second-order valence-corrected chi connectivity index (χ2v) is 11.5. The highest BCUT2D eigenvalue weighted by molar-refractivity contribution is 5.86. The van der Waals surface area contributed by atoms with E-state index in [2.05, 4.69) is 5.32 Å². The summed E-state index contributed by atoms with van der Waals surface area (Å²) in [7, 11) is 0. The summed E-state index contributed by atoms with van der Waals surface area (Å²) < 4.78 is 5.88. The molecule has 2 amide bonds. The van der Waals surface area contributed by atoms with Gasteiger partial charge in [0.1, 0.15) is 6.61 Å². The predicted molar refractivity (Wildman–Crippen MR) is 171 cm³/mol. The van der Waals surface area contributed by atoms with E-state index in [4.69, 9.17) is 4.74 Å². The number of carbonyl (C=O) groups excluding carboxylic acids is 3. The summed E-state index contributed by atoms with van der Waals surface area (Å²) in [4.78, 5) is 42.2. The molecule has 3 aromatic rings. The summed E-state index contributed by atoms with van der Waals surface area (Å²) in [5.41, 5.74) is 3.07. The maximum absolute atomic E-state index is 13.7. The Morgan fingerprint density at radius 2 is 1.43 bits per heavy atom. The van der Waals surface area contributed by atoms with Gasteiger partial charge in [0.05, 0.1) is 24.5 Å². The van der Waals surface area contributed by atoms with Gasteiger partial charge in [0, 0.05) is 19.5 Å². The zero-order chi connectivity index (χ0) is 31.0. The van der Waals surface area contributed by atoms with Crippen LogP contribution in [0.4, 0.5) is 0 Å². The summed E-state index contributed by atoms with van der Waals surface area (Å²) in [5, 5.41) is 12.8. The third-order valence-corrected chi connectivity index (χ3v) is 8.00. The van der Waals surface area contributed by atoms with E-state index in [1.54, 1.807) is 4.90 Å². The van der Waals surface area contributed by atoms with Crippen molar-refractivity contribution in [1.82, 2.24) is 10.2 Å². The highest BCUT2D eigenvalue weighted by Crippen LogP contribution is 2.20. The monoisotopic (exact) mass is 596 g/mol. The average molecular weight is 597 g/mol. The topological polar surface area (TPSA) is 95.9 Å². The molecule has 1 heterocycles. The lowest BCUT2D eigenvalue weighted by Gasteiger charge is -2.26. The first-order valence-electron chi connectivity index (χ1n) is 15.6. The van der Waals surface area contributed by atoms with Crippen molar-refractivity contribution >= 4 is 17.8 Å². The molecule has 3 atom stereocenters. The number of esters is 1. The van der Waals surface area contributed by atoms with E-state index in [0.717, 1.165) is 29.5 Å². The van der Waals surface area contributed by atoms with E-state index >= 15 is 0 Å². The van der Waals surface area contributed by atoms with Crippen LogP contribution in [0.1, 0.15) is 48.8 Å². The van der Waals surface area contributed by atoms with Crippen molar-refractivity contribution in [1.29, 1.82) is 0 Å². The molecule has 0 saturated carbocycles. The number of amides is 2. The molecule has 0 aliphatic carbocycles. The number of aliphatic hydroxyl groups excluding tert-OH is 1. The van der Waals surface area contributed by atoms with Gasteiger partial charge in [-0.25, -0.2) is 0 Å². The van der Waals surface area contributed by atoms with Gasteiger partial charge in [-0.15, -0.1) is 0 Å². The predicted octanol–water partition coefficient (Wildman–Crippen LogP) is 5.27. The average Bonchev–Trinajstić information content (AvgIpc) is 3.04. The van der Waals surface area contributed by atoms with Crippen LogP contribution in [-0.2, 0) is 38.5 Å². The van der Waals surface area contributed by atoms with Crippen LogP contribution in [0.25, 0.3) is 0 Å². The third kappa shape index (κ3) is 10.8. The maximum atomic E-state index is 13.7. The number of nitrogens with zero attached hydrogens (tertiary/aromatic N) is 1. The molecule has 7 heteroatoms. The molecular formula is C37H44N2O5. The third-order valence-electron chi connectivity index (χ3n) is 8.00. The van der Waals surface area contributed by atoms with E-state index in [1.165, 1.54) is 0 Å². The van der Waals surface area contributed by atoms with Crippen LogP contribution in [0, 0.1) is 11.8 Å². The maximum Gasteiger partial charge on any atom is 0.309 e. The van der Waals surface area contributed by atoms with Crippen LogP contribution in [-0.4, -0.2) is 53.6 Å². The highest BCUT2D eigenvalue weighted by Gasteiger charge is 2.28. The lowest BCUT2D eigenvalue weighted by molar-refractivity contribution is -0.150. The molecule has 232 valence electrons. The largest absolute Gasteiger partial charge is 0.463 e. The number of rotatable bonds is 10. The Morgan fingerprint density at radius 1 is 0.818 bits per heavy atom. The van der Waals surface area contributed by atoms with Gasteiger partial charge < -0.3 is 20.1 Å². The highest BCUT2D eigenvalue weighted by atomic mass is 16.5. The number of nitrogens with one attached hydrogen (secondary N) is 1. The summed E-state index contributed by atoms with van der Waals surface area (Å²) in [6, 6.07) is 28.9. The van der Waals surface area contributed by atoms with Crippen molar-refractivity contribution in [3.05, 3.63) is 120 Å². The molecular weight excluding hydrogens is 552 g/mol. The van der Waals surface area contributed by atoms with Gasteiger partial charge in [-0.05, 0) is 55.2 Å². The first kappa shape index (κ1) is 32.7. The van der Waals surface area contributed by atoms with Crippen molar-refractivity contribution in [2.24, 2.45) is 11.8 Å². The first-order valence-corrected chi connectivity index (χ1v) is 15.6. The molecule has 0 radical (unpaired) electrons. The summed E-state index contributed by atoms with van der Waals surface area (Å²) >= 11 is 0. The number of hydrogen-bond donors (Lipinski definition) is 2. The fourth-order valence-corrected chi connectivity index (χ4v) is 5.57. The van der Waals surface area contributed by atoms with Crippen molar-refractivity contribution in [2.75, 3.05) is 19.8 Å². The summed E-state index contributed by atoms with van der Waals surface area (Å²) in [5.74, 6) is -1.56. The number of hydrogen-bond acceptors (Lipinski definition) is 5. The van der Waals surface area contributed by atoms with E-state index < -0.39 is 12.0 Å². The van der Waals surface area contributed by atoms with E-state index in [-0.39, 0.29) is 49.9 Å². The fourth-order valence-electron chi connectivity index (χ4n) is 5.57. The second-order valence-electron chi connectivity index (χ2n) is 11.5. The number of carbonyl (C=O) groups is 3. The molecule has 0 bridgehead atoms.